The molecule has 0 saturated heterocycles. The third-order valence-corrected chi connectivity index (χ3v) is 7.10. The second-order valence-corrected chi connectivity index (χ2v) is 14.9. The van der Waals surface area contributed by atoms with Gasteiger partial charge in [-0.15, -0.1) is 15.3 Å². The second-order valence-electron chi connectivity index (χ2n) is 9.23. The minimum Gasteiger partial charge on any atom is -0.468 e. The lowest BCUT2D eigenvalue weighted by atomic mass is 10.2. The predicted molar refractivity (Wildman–Crippen MR) is 127 cm³/mol. The highest BCUT2D eigenvalue weighted by atomic mass is 28.3. The van der Waals surface area contributed by atoms with Crippen LogP contribution in [-0.2, 0) is 24.7 Å². The molecule has 0 radical (unpaired) electrons. The van der Waals surface area contributed by atoms with E-state index < -0.39 is 14.7 Å². The van der Waals surface area contributed by atoms with Crippen LogP contribution >= 0.6 is 0 Å². The fraction of sp³-hybridized carbons (Fsp3) is 0.364. The highest BCUT2D eigenvalue weighted by molar-refractivity contribution is 6.76. The topological polar surface area (TPSA) is 118 Å². The maximum Gasteiger partial charge on any atom is 0.240 e. The first-order chi connectivity index (χ1) is 16.9. The van der Waals surface area contributed by atoms with Gasteiger partial charge in [-0.2, -0.15) is 9.61 Å². The van der Waals surface area contributed by atoms with E-state index in [9.17, 15) is 4.39 Å². The second kappa shape index (κ2) is 9.50. The monoisotopic (exact) mass is 496 g/mol. The molecule has 0 saturated carbocycles. The molecule has 5 aromatic rings. The summed E-state index contributed by atoms with van der Waals surface area (Å²) in [7, 11) is -1.17. The highest BCUT2D eigenvalue weighted by Crippen LogP contribution is 2.29. The zero-order valence-corrected chi connectivity index (χ0v) is 20.7. The minimum absolute atomic E-state index is 0.0976. The number of fused-ring (bicyclic) bond motifs is 3. The summed E-state index contributed by atoms with van der Waals surface area (Å²) in [6.45, 7) is 7.27. The van der Waals surface area contributed by atoms with E-state index in [1.165, 1.54) is 16.9 Å². The number of aromatic nitrogens is 8. The number of alkyl halides is 1. The van der Waals surface area contributed by atoms with Crippen LogP contribution < -0.4 is 4.74 Å². The van der Waals surface area contributed by atoms with Crippen LogP contribution in [0.3, 0.4) is 0 Å². The fourth-order valence-electron chi connectivity index (χ4n) is 3.47. The zero-order chi connectivity index (χ0) is 24.4. The van der Waals surface area contributed by atoms with Gasteiger partial charge in [0.2, 0.25) is 11.7 Å². The Hall–Kier alpha value is -3.71. The zero-order valence-electron chi connectivity index (χ0n) is 19.7. The van der Waals surface area contributed by atoms with Gasteiger partial charge in [0.15, 0.2) is 22.9 Å². The molecule has 1 aromatic carbocycles. The number of halogens is 1. The first-order valence-corrected chi connectivity index (χ1v) is 14.9. The summed E-state index contributed by atoms with van der Waals surface area (Å²) in [5, 5.41) is 22.8. The molecule has 0 spiro atoms. The summed E-state index contributed by atoms with van der Waals surface area (Å²) in [5.74, 6) is 1.38. The van der Waals surface area contributed by atoms with Crippen molar-refractivity contribution in [3.8, 4) is 17.4 Å². The summed E-state index contributed by atoms with van der Waals surface area (Å²) in [6, 6.07) is 10.1. The lowest BCUT2D eigenvalue weighted by molar-refractivity contribution is 0.0732. The van der Waals surface area contributed by atoms with Crippen molar-refractivity contribution in [1.82, 2.24) is 39.7 Å². The molecule has 0 aliphatic carbocycles. The fourth-order valence-corrected chi connectivity index (χ4v) is 4.23. The molecule has 35 heavy (non-hydrogen) atoms. The SMILES string of the molecule is C[Si](C)(C)CCOCn1ncnc1COc1nn2c(-c3cc(CF)on3)nnc2c2ccccc12. The molecular weight excluding hydrogens is 471 g/mol. The van der Waals surface area contributed by atoms with Crippen LogP contribution in [0, 0.1) is 0 Å². The Morgan fingerprint density at radius 1 is 1.11 bits per heavy atom. The van der Waals surface area contributed by atoms with Crippen molar-refractivity contribution in [3.63, 3.8) is 0 Å². The van der Waals surface area contributed by atoms with Gasteiger partial charge in [-0.1, -0.05) is 43.0 Å². The predicted octanol–water partition coefficient (Wildman–Crippen LogP) is 3.88. The third-order valence-electron chi connectivity index (χ3n) is 5.39. The quantitative estimate of drug-likeness (QED) is 0.210. The van der Waals surface area contributed by atoms with Gasteiger partial charge in [0, 0.05) is 31.5 Å². The van der Waals surface area contributed by atoms with E-state index in [4.69, 9.17) is 14.0 Å². The van der Waals surface area contributed by atoms with E-state index in [1.54, 1.807) is 4.68 Å². The molecule has 13 heteroatoms. The van der Waals surface area contributed by atoms with Crippen LogP contribution in [0.15, 0.2) is 41.2 Å². The number of nitrogens with zero attached hydrogens (tertiary/aromatic N) is 8. The smallest absolute Gasteiger partial charge is 0.240 e. The molecule has 182 valence electrons. The third kappa shape index (κ3) is 4.91. The van der Waals surface area contributed by atoms with Gasteiger partial charge < -0.3 is 14.0 Å². The molecule has 11 nitrogen and oxygen atoms in total. The Balaban J connectivity index is 1.41. The molecule has 0 aliphatic heterocycles. The normalized spacial score (nSPS) is 12.1. The Labute approximate surface area is 200 Å². The van der Waals surface area contributed by atoms with Crippen molar-refractivity contribution < 1.29 is 18.4 Å². The lowest BCUT2D eigenvalue weighted by Crippen LogP contribution is -2.22. The van der Waals surface area contributed by atoms with E-state index >= 15 is 0 Å². The Morgan fingerprint density at radius 3 is 2.71 bits per heavy atom. The maximum absolute atomic E-state index is 13.0. The molecule has 0 fully saturated rings. The largest absolute Gasteiger partial charge is 0.468 e. The van der Waals surface area contributed by atoms with Gasteiger partial charge in [0.05, 0.1) is 0 Å². The van der Waals surface area contributed by atoms with Crippen LogP contribution in [0.5, 0.6) is 5.88 Å². The number of rotatable bonds is 10. The summed E-state index contributed by atoms with van der Waals surface area (Å²) >= 11 is 0. The van der Waals surface area contributed by atoms with Crippen molar-refractivity contribution in [2.24, 2.45) is 0 Å². The molecule has 0 atom stereocenters. The number of hydrogen-bond acceptors (Lipinski definition) is 9. The van der Waals surface area contributed by atoms with Crippen molar-refractivity contribution in [3.05, 3.63) is 48.2 Å². The molecule has 0 aliphatic rings. The first-order valence-electron chi connectivity index (χ1n) is 11.2. The van der Waals surface area contributed by atoms with Gasteiger partial charge in [-0.3, -0.25) is 0 Å². The molecule has 4 heterocycles. The summed E-state index contributed by atoms with van der Waals surface area (Å²) in [5.41, 5.74) is 0.848. The molecule has 4 aromatic heterocycles. The average molecular weight is 497 g/mol. The summed E-state index contributed by atoms with van der Waals surface area (Å²) in [4.78, 5) is 4.31. The van der Waals surface area contributed by atoms with Crippen molar-refractivity contribution in [2.75, 3.05) is 6.61 Å². The molecule has 0 amide bonds. The number of ether oxygens (including phenoxy) is 2. The summed E-state index contributed by atoms with van der Waals surface area (Å²) < 4.78 is 33.0. The van der Waals surface area contributed by atoms with Crippen LogP contribution in [0.4, 0.5) is 4.39 Å². The Morgan fingerprint density at radius 2 is 1.94 bits per heavy atom. The van der Waals surface area contributed by atoms with Crippen molar-refractivity contribution in [2.45, 2.75) is 45.7 Å². The Bertz CT molecular complexity index is 1460. The van der Waals surface area contributed by atoms with E-state index in [2.05, 4.69) is 50.2 Å². The van der Waals surface area contributed by atoms with E-state index in [-0.39, 0.29) is 12.4 Å². The minimum atomic E-state index is -1.17. The van der Waals surface area contributed by atoms with Crippen molar-refractivity contribution in [1.29, 1.82) is 0 Å². The molecule has 0 N–H and O–H groups in total. The highest BCUT2D eigenvalue weighted by Gasteiger charge is 2.19. The van der Waals surface area contributed by atoms with Gasteiger partial charge in [0.1, 0.15) is 26.3 Å². The van der Waals surface area contributed by atoms with Crippen LogP contribution in [0.1, 0.15) is 11.6 Å². The standard InChI is InChI=1S/C22H25FN8O3Si/c1-35(2,3)9-8-32-14-30-19(24-13-25-30)12-33-22-17-7-5-4-6-16(17)20-26-27-21(31(20)28-22)18-10-15(11-23)34-29-18/h4-7,10,13H,8-9,11-12,14H2,1-3H3. The van der Waals surface area contributed by atoms with E-state index in [0.29, 0.717) is 42.2 Å². The number of benzene rings is 1. The number of hydrogen-bond donors (Lipinski definition) is 0. The average Bonchev–Trinajstić information content (AvgIpc) is 3.59. The van der Waals surface area contributed by atoms with Crippen LogP contribution in [-0.4, -0.2) is 54.4 Å². The van der Waals surface area contributed by atoms with Gasteiger partial charge in [-0.25, -0.2) is 14.1 Å². The first kappa shape index (κ1) is 23.0. The van der Waals surface area contributed by atoms with E-state index in [1.807, 2.05) is 24.3 Å². The van der Waals surface area contributed by atoms with Crippen LogP contribution in [0.2, 0.25) is 25.7 Å². The van der Waals surface area contributed by atoms with Crippen LogP contribution in [0.25, 0.3) is 27.9 Å². The summed E-state index contributed by atoms with van der Waals surface area (Å²) in [6.07, 6.45) is 1.47. The lowest BCUT2D eigenvalue weighted by Gasteiger charge is -2.15. The molecular formula is C22H25FN8O3Si. The molecule has 0 bridgehead atoms. The van der Waals surface area contributed by atoms with Gasteiger partial charge >= 0.3 is 0 Å². The van der Waals surface area contributed by atoms with Gasteiger partial charge in [0.25, 0.3) is 0 Å². The van der Waals surface area contributed by atoms with Gasteiger partial charge in [-0.05, 0) is 12.1 Å². The molecule has 5 rings (SSSR count). The Kier molecular flexibility index (Phi) is 6.26. The van der Waals surface area contributed by atoms with E-state index in [0.717, 1.165) is 16.8 Å². The van der Waals surface area contributed by atoms with Crippen molar-refractivity contribution >= 4 is 24.5 Å². The maximum atomic E-state index is 13.0. The molecule has 0 unspecified atom stereocenters.